The van der Waals surface area contributed by atoms with Gasteiger partial charge in [0.15, 0.2) is 0 Å². The molecule has 0 aliphatic carbocycles. The van der Waals surface area contributed by atoms with Crippen LogP contribution in [0, 0.1) is 0 Å². The molecule has 0 aliphatic heterocycles. The van der Waals surface area contributed by atoms with Crippen LogP contribution in [0.15, 0.2) is 6.20 Å². The highest BCUT2D eigenvalue weighted by molar-refractivity contribution is 9.08. The zero-order chi connectivity index (χ0) is 12.5. The van der Waals surface area contributed by atoms with Crippen LogP contribution in [0.1, 0.15) is 23.1 Å². The van der Waals surface area contributed by atoms with E-state index in [0.29, 0.717) is 6.20 Å². The SMILES string of the molecule is FC(F)c1cnc(Cl)c(C(F)(F)F)c1CBr. The Morgan fingerprint density at radius 1 is 1.38 bits per heavy atom. The minimum absolute atomic E-state index is 0.371. The third kappa shape index (κ3) is 2.63. The molecule has 0 bridgehead atoms. The zero-order valence-corrected chi connectivity index (χ0v) is 9.80. The average Bonchev–Trinajstić information content (AvgIpc) is 2.14. The van der Waals surface area contributed by atoms with Crippen LogP contribution in [0.2, 0.25) is 5.15 Å². The molecule has 0 saturated carbocycles. The van der Waals surface area contributed by atoms with Crippen LogP contribution in [0.3, 0.4) is 0 Å². The molecule has 0 fully saturated rings. The maximum Gasteiger partial charge on any atom is 0.419 e. The van der Waals surface area contributed by atoms with Gasteiger partial charge < -0.3 is 0 Å². The number of hydrogen-bond acceptors (Lipinski definition) is 1. The van der Waals surface area contributed by atoms with Crippen molar-refractivity contribution in [2.45, 2.75) is 17.9 Å². The Morgan fingerprint density at radius 3 is 2.31 bits per heavy atom. The summed E-state index contributed by atoms with van der Waals surface area (Å²) in [5, 5.41) is -1.20. The minimum atomic E-state index is -4.81. The van der Waals surface area contributed by atoms with Crippen LogP contribution in [0.4, 0.5) is 22.0 Å². The first kappa shape index (κ1) is 13.6. The molecule has 0 aliphatic rings. The van der Waals surface area contributed by atoms with Crippen LogP contribution in [0.5, 0.6) is 0 Å². The maximum absolute atomic E-state index is 12.5. The van der Waals surface area contributed by atoms with E-state index in [9.17, 15) is 22.0 Å². The Labute approximate surface area is 101 Å². The van der Waals surface area contributed by atoms with Crippen LogP contribution in [-0.4, -0.2) is 4.98 Å². The van der Waals surface area contributed by atoms with Crippen molar-refractivity contribution in [2.24, 2.45) is 0 Å². The van der Waals surface area contributed by atoms with Gasteiger partial charge in [0.25, 0.3) is 6.43 Å². The van der Waals surface area contributed by atoms with Gasteiger partial charge in [0.1, 0.15) is 5.15 Å². The average molecular weight is 324 g/mol. The summed E-state index contributed by atoms with van der Waals surface area (Å²) in [5.74, 6) is 0. The molecule has 0 unspecified atom stereocenters. The van der Waals surface area contributed by atoms with Crippen LogP contribution in [0.25, 0.3) is 0 Å². The summed E-state index contributed by atoms with van der Waals surface area (Å²) < 4.78 is 62.5. The molecule has 0 atom stereocenters. The molecular weight excluding hydrogens is 320 g/mol. The highest BCUT2D eigenvalue weighted by Crippen LogP contribution is 2.40. The number of halogens is 7. The van der Waals surface area contributed by atoms with E-state index in [1.165, 1.54) is 0 Å². The summed E-state index contributed by atoms with van der Waals surface area (Å²) in [6.45, 7) is 0. The quantitative estimate of drug-likeness (QED) is 0.440. The molecule has 1 aromatic heterocycles. The summed E-state index contributed by atoms with van der Waals surface area (Å²) in [6, 6.07) is 0. The lowest BCUT2D eigenvalue weighted by atomic mass is 10.1. The first-order valence-corrected chi connectivity index (χ1v) is 5.37. The van der Waals surface area contributed by atoms with Gasteiger partial charge >= 0.3 is 6.18 Å². The van der Waals surface area contributed by atoms with Gasteiger partial charge in [0.05, 0.1) is 5.56 Å². The van der Waals surface area contributed by atoms with Crippen molar-refractivity contribution in [3.8, 4) is 0 Å². The van der Waals surface area contributed by atoms with Gasteiger partial charge in [-0.2, -0.15) is 13.2 Å². The molecule has 1 heterocycles. The third-order valence-corrected chi connectivity index (χ3v) is 2.67. The molecular formula is C8H4BrClF5N. The molecule has 16 heavy (non-hydrogen) atoms. The number of rotatable bonds is 2. The van der Waals surface area contributed by atoms with Crippen LogP contribution >= 0.6 is 27.5 Å². The molecule has 0 amide bonds. The van der Waals surface area contributed by atoms with Gasteiger partial charge in [-0.05, 0) is 5.56 Å². The fourth-order valence-electron chi connectivity index (χ4n) is 1.16. The second-order valence-electron chi connectivity index (χ2n) is 2.79. The summed E-state index contributed by atoms with van der Waals surface area (Å²) in [5.41, 5.74) is -2.67. The highest BCUT2D eigenvalue weighted by Gasteiger charge is 2.38. The Morgan fingerprint density at radius 2 is 1.94 bits per heavy atom. The number of pyridine rings is 1. The fourth-order valence-corrected chi connectivity index (χ4v) is 2.03. The number of aromatic nitrogens is 1. The predicted octanol–water partition coefficient (Wildman–Crippen LogP) is 4.59. The highest BCUT2D eigenvalue weighted by atomic mass is 79.9. The lowest BCUT2D eigenvalue weighted by molar-refractivity contribution is -0.138. The topological polar surface area (TPSA) is 12.9 Å². The van der Waals surface area contributed by atoms with E-state index in [1.54, 1.807) is 0 Å². The van der Waals surface area contributed by atoms with Crippen LogP contribution in [-0.2, 0) is 11.5 Å². The summed E-state index contributed by atoms with van der Waals surface area (Å²) in [6.07, 6.45) is -7.19. The van der Waals surface area contributed by atoms with Gasteiger partial charge in [0, 0.05) is 17.1 Å². The van der Waals surface area contributed by atoms with Gasteiger partial charge in [-0.3, -0.25) is 0 Å². The first-order chi connectivity index (χ1) is 7.29. The van der Waals surface area contributed by atoms with Crippen molar-refractivity contribution < 1.29 is 22.0 Å². The zero-order valence-electron chi connectivity index (χ0n) is 7.45. The normalized spacial score (nSPS) is 12.2. The molecule has 1 rings (SSSR count). The summed E-state index contributed by atoms with van der Waals surface area (Å²) in [7, 11) is 0. The third-order valence-electron chi connectivity index (χ3n) is 1.83. The molecule has 0 radical (unpaired) electrons. The Balaban J connectivity index is 3.51. The second-order valence-corrected chi connectivity index (χ2v) is 3.71. The lowest BCUT2D eigenvalue weighted by Crippen LogP contribution is -2.13. The predicted molar refractivity (Wildman–Crippen MR) is 51.8 cm³/mol. The van der Waals surface area contributed by atoms with E-state index in [2.05, 4.69) is 20.9 Å². The molecule has 0 aromatic carbocycles. The monoisotopic (exact) mass is 323 g/mol. The van der Waals surface area contributed by atoms with Crippen molar-refractivity contribution in [3.05, 3.63) is 28.0 Å². The molecule has 8 heteroatoms. The van der Waals surface area contributed by atoms with Gasteiger partial charge in [-0.15, -0.1) is 0 Å². The fraction of sp³-hybridized carbons (Fsp3) is 0.375. The van der Waals surface area contributed by atoms with E-state index >= 15 is 0 Å². The minimum Gasteiger partial charge on any atom is -0.243 e. The Hall–Kier alpha value is -0.430. The van der Waals surface area contributed by atoms with E-state index in [-0.39, 0.29) is 5.33 Å². The number of alkyl halides is 6. The van der Waals surface area contributed by atoms with Crippen molar-refractivity contribution >= 4 is 27.5 Å². The van der Waals surface area contributed by atoms with E-state index in [0.717, 1.165) is 0 Å². The molecule has 0 N–H and O–H groups in total. The number of hydrogen-bond donors (Lipinski definition) is 0. The molecule has 0 saturated heterocycles. The van der Waals surface area contributed by atoms with Crippen molar-refractivity contribution in [1.82, 2.24) is 4.98 Å². The second kappa shape index (κ2) is 4.83. The largest absolute Gasteiger partial charge is 0.419 e. The van der Waals surface area contributed by atoms with Gasteiger partial charge in [0.2, 0.25) is 0 Å². The molecule has 1 aromatic rings. The molecule has 1 nitrogen and oxygen atoms in total. The lowest BCUT2D eigenvalue weighted by Gasteiger charge is -2.15. The standard InChI is InChI=1S/C8H4BrClF5N/c9-1-3-4(7(11)12)2-16-6(10)5(3)8(13,14)15/h2,7H,1H2. The van der Waals surface area contributed by atoms with Gasteiger partial charge in [-0.1, -0.05) is 27.5 Å². The van der Waals surface area contributed by atoms with Crippen LogP contribution < -0.4 is 0 Å². The first-order valence-electron chi connectivity index (χ1n) is 3.87. The van der Waals surface area contributed by atoms with Crippen molar-refractivity contribution in [3.63, 3.8) is 0 Å². The van der Waals surface area contributed by atoms with Crippen molar-refractivity contribution in [2.75, 3.05) is 0 Å². The molecule has 0 spiro atoms. The van der Waals surface area contributed by atoms with E-state index in [4.69, 9.17) is 11.6 Å². The Kier molecular flexibility index (Phi) is 4.12. The summed E-state index contributed by atoms with van der Waals surface area (Å²) in [4.78, 5) is 3.12. The smallest absolute Gasteiger partial charge is 0.243 e. The molecule has 90 valence electrons. The summed E-state index contributed by atoms with van der Waals surface area (Å²) >= 11 is 8.01. The van der Waals surface area contributed by atoms with E-state index < -0.39 is 34.4 Å². The number of nitrogens with zero attached hydrogens (tertiary/aromatic N) is 1. The van der Waals surface area contributed by atoms with Crippen molar-refractivity contribution in [1.29, 1.82) is 0 Å². The van der Waals surface area contributed by atoms with Gasteiger partial charge in [-0.25, -0.2) is 13.8 Å². The Bertz CT molecular complexity index is 393. The maximum atomic E-state index is 12.5. The van der Waals surface area contributed by atoms with E-state index in [1.807, 2.05) is 0 Å².